The van der Waals surface area contributed by atoms with Crippen LogP contribution in [0.4, 0.5) is 5.69 Å². The van der Waals surface area contributed by atoms with Crippen molar-refractivity contribution in [1.29, 1.82) is 0 Å². The standard InChI is InChI=1S/C20H29ClNOP/c1-15-13-17(21)14-16(2)18(15)22-19(23)20(9-8-10-20)24(3)11-6-4-5-7-12-24/h13-14H,4-12H2,1-3H3/p+1. The van der Waals surface area contributed by atoms with Gasteiger partial charge in [0.15, 0.2) is 5.16 Å². The van der Waals surface area contributed by atoms with Crippen molar-refractivity contribution in [2.75, 3.05) is 24.3 Å². The molecule has 0 bridgehead atoms. The van der Waals surface area contributed by atoms with E-state index < -0.39 is 7.26 Å². The fourth-order valence-electron chi connectivity index (χ4n) is 4.68. The molecule has 132 valence electrons. The minimum absolute atomic E-state index is 0.0597. The molecule has 4 heteroatoms. The summed E-state index contributed by atoms with van der Waals surface area (Å²) in [5.41, 5.74) is 3.09. The molecule has 1 amide bonds. The van der Waals surface area contributed by atoms with Gasteiger partial charge in [0, 0.05) is 24.6 Å². The quantitative estimate of drug-likeness (QED) is 0.649. The Morgan fingerprint density at radius 3 is 2.04 bits per heavy atom. The normalized spacial score (nSPS) is 22.3. The highest BCUT2D eigenvalue weighted by molar-refractivity contribution is 7.77. The van der Waals surface area contributed by atoms with Crippen molar-refractivity contribution in [2.45, 2.75) is 63.9 Å². The topological polar surface area (TPSA) is 29.1 Å². The largest absolute Gasteiger partial charge is 0.322 e. The predicted octanol–water partition coefficient (Wildman–Crippen LogP) is 6.04. The second-order valence-electron chi connectivity index (χ2n) is 8.01. The first kappa shape index (κ1) is 18.2. The first-order valence-corrected chi connectivity index (χ1v) is 12.3. The summed E-state index contributed by atoms with van der Waals surface area (Å²) in [5.74, 6) is 0.292. The SMILES string of the molecule is Cc1cc(Cl)cc(C)c1NC(=O)C1([P+]2(C)CCCCCC2)CCC1. The van der Waals surface area contributed by atoms with Gasteiger partial charge < -0.3 is 5.32 Å². The molecule has 0 unspecified atom stereocenters. The van der Waals surface area contributed by atoms with E-state index in [-0.39, 0.29) is 5.16 Å². The molecule has 0 atom stereocenters. The zero-order valence-electron chi connectivity index (χ0n) is 15.3. The average Bonchev–Trinajstić information content (AvgIpc) is 2.67. The molecule has 1 saturated carbocycles. The number of rotatable bonds is 3. The number of hydrogen-bond acceptors (Lipinski definition) is 1. The molecule has 1 saturated heterocycles. The Hall–Kier alpha value is -0.590. The lowest BCUT2D eigenvalue weighted by Crippen LogP contribution is -2.51. The summed E-state index contributed by atoms with van der Waals surface area (Å²) in [7, 11) is -1.21. The lowest BCUT2D eigenvalue weighted by molar-refractivity contribution is -0.120. The molecule has 2 aliphatic rings. The van der Waals surface area contributed by atoms with E-state index in [4.69, 9.17) is 11.6 Å². The van der Waals surface area contributed by atoms with Gasteiger partial charge in [-0.05, 0) is 82.1 Å². The van der Waals surface area contributed by atoms with E-state index in [0.717, 1.165) is 34.7 Å². The highest BCUT2D eigenvalue weighted by Crippen LogP contribution is 2.74. The van der Waals surface area contributed by atoms with Gasteiger partial charge in [0.1, 0.15) is 0 Å². The molecular formula is C20H30ClNOP+. The monoisotopic (exact) mass is 366 g/mol. The Morgan fingerprint density at radius 1 is 1.04 bits per heavy atom. The zero-order valence-corrected chi connectivity index (χ0v) is 16.9. The minimum atomic E-state index is -1.21. The van der Waals surface area contributed by atoms with Crippen LogP contribution in [0.15, 0.2) is 12.1 Å². The van der Waals surface area contributed by atoms with Crippen molar-refractivity contribution >= 4 is 30.5 Å². The van der Waals surface area contributed by atoms with Crippen LogP contribution < -0.4 is 5.32 Å². The number of carbonyl (C=O) groups excluding carboxylic acids is 1. The summed E-state index contributed by atoms with van der Waals surface area (Å²) in [5, 5.41) is 4.00. The number of halogens is 1. The molecular weight excluding hydrogens is 337 g/mol. The van der Waals surface area contributed by atoms with E-state index in [1.54, 1.807) is 0 Å². The Labute approximate surface area is 152 Å². The zero-order chi connectivity index (χ0) is 17.4. The minimum Gasteiger partial charge on any atom is -0.322 e. The number of hydrogen-bond donors (Lipinski definition) is 1. The molecule has 0 spiro atoms. The molecule has 2 fully saturated rings. The van der Waals surface area contributed by atoms with E-state index in [0.29, 0.717) is 5.91 Å². The lowest BCUT2D eigenvalue weighted by Gasteiger charge is -2.47. The molecule has 2 nitrogen and oxygen atoms in total. The van der Waals surface area contributed by atoms with Crippen LogP contribution in [0.3, 0.4) is 0 Å². The maximum absolute atomic E-state index is 13.4. The van der Waals surface area contributed by atoms with Crippen molar-refractivity contribution in [3.8, 4) is 0 Å². The molecule has 3 rings (SSSR count). The fraction of sp³-hybridized carbons (Fsp3) is 0.650. The third-order valence-corrected chi connectivity index (χ3v) is 12.0. The van der Waals surface area contributed by atoms with Gasteiger partial charge in [-0.3, -0.25) is 4.79 Å². The molecule has 1 heterocycles. The Kier molecular flexibility index (Phi) is 5.28. The molecule has 1 aliphatic carbocycles. The van der Waals surface area contributed by atoms with E-state index in [1.807, 2.05) is 26.0 Å². The summed E-state index contributed by atoms with van der Waals surface area (Å²) in [6.45, 7) is 6.55. The van der Waals surface area contributed by atoms with Gasteiger partial charge in [0.25, 0.3) is 5.91 Å². The summed E-state index contributed by atoms with van der Waals surface area (Å²) < 4.78 is 0. The van der Waals surface area contributed by atoms with Crippen LogP contribution in [-0.4, -0.2) is 30.1 Å². The lowest BCUT2D eigenvalue weighted by atomic mass is 9.83. The number of carbonyl (C=O) groups is 1. The molecule has 1 aromatic carbocycles. The van der Waals surface area contributed by atoms with Crippen LogP contribution in [0.2, 0.25) is 5.02 Å². The summed E-state index contributed by atoms with van der Waals surface area (Å²) in [4.78, 5) is 13.4. The van der Waals surface area contributed by atoms with Crippen LogP contribution in [0.1, 0.15) is 56.1 Å². The third-order valence-electron chi connectivity index (χ3n) is 6.43. The van der Waals surface area contributed by atoms with Gasteiger partial charge in [0.2, 0.25) is 0 Å². The number of benzene rings is 1. The fourth-order valence-corrected chi connectivity index (χ4v) is 9.87. The first-order chi connectivity index (χ1) is 11.4. The van der Waals surface area contributed by atoms with Crippen molar-refractivity contribution in [3.63, 3.8) is 0 Å². The van der Waals surface area contributed by atoms with Crippen molar-refractivity contribution < 1.29 is 4.79 Å². The molecule has 0 radical (unpaired) electrons. The van der Waals surface area contributed by atoms with Crippen LogP contribution in [0.5, 0.6) is 0 Å². The van der Waals surface area contributed by atoms with Gasteiger partial charge in [-0.25, -0.2) is 0 Å². The van der Waals surface area contributed by atoms with E-state index in [2.05, 4.69) is 12.0 Å². The van der Waals surface area contributed by atoms with Gasteiger partial charge in [0.05, 0.1) is 12.3 Å². The van der Waals surface area contributed by atoms with Gasteiger partial charge >= 0.3 is 0 Å². The van der Waals surface area contributed by atoms with Gasteiger partial charge in [-0.2, -0.15) is 0 Å². The first-order valence-electron chi connectivity index (χ1n) is 9.31. The van der Waals surface area contributed by atoms with Gasteiger partial charge in [-0.1, -0.05) is 11.6 Å². The average molecular weight is 367 g/mol. The molecule has 1 N–H and O–H groups in total. The number of aryl methyl sites for hydroxylation is 2. The van der Waals surface area contributed by atoms with Crippen LogP contribution >= 0.6 is 18.9 Å². The number of nitrogens with one attached hydrogen (secondary N) is 1. The molecule has 0 aromatic heterocycles. The second kappa shape index (κ2) is 6.96. The maximum atomic E-state index is 13.4. The van der Waals surface area contributed by atoms with Crippen molar-refractivity contribution in [2.24, 2.45) is 0 Å². The molecule has 1 aliphatic heterocycles. The van der Waals surface area contributed by atoms with Crippen LogP contribution in [0.25, 0.3) is 0 Å². The van der Waals surface area contributed by atoms with Gasteiger partial charge in [-0.15, -0.1) is 0 Å². The van der Waals surface area contributed by atoms with Crippen LogP contribution in [-0.2, 0) is 4.79 Å². The van der Waals surface area contributed by atoms with Crippen molar-refractivity contribution in [1.82, 2.24) is 0 Å². The van der Waals surface area contributed by atoms with Crippen LogP contribution in [0, 0.1) is 13.8 Å². The highest BCUT2D eigenvalue weighted by Gasteiger charge is 2.62. The Morgan fingerprint density at radius 2 is 1.58 bits per heavy atom. The summed E-state index contributed by atoms with van der Waals surface area (Å²) in [6.07, 6.45) is 11.3. The summed E-state index contributed by atoms with van der Waals surface area (Å²) >= 11 is 6.14. The Bertz CT molecular complexity index is 608. The summed E-state index contributed by atoms with van der Waals surface area (Å²) in [6, 6.07) is 3.89. The van der Waals surface area contributed by atoms with E-state index >= 15 is 0 Å². The van der Waals surface area contributed by atoms with Crippen molar-refractivity contribution in [3.05, 3.63) is 28.3 Å². The molecule has 24 heavy (non-hydrogen) atoms. The number of amides is 1. The Balaban J connectivity index is 1.87. The predicted molar refractivity (Wildman–Crippen MR) is 107 cm³/mol. The second-order valence-corrected chi connectivity index (χ2v) is 13.0. The number of anilines is 1. The third kappa shape index (κ3) is 3.13. The maximum Gasteiger partial charge on any atom is 0.268 e. The smallest absolute Gasteiger partial charge is 0.268 e. The van der Waals surface area contributed by atoms with E-state index in [1.165, 1.54) is 44.4 Å². The van der Waals surface area contributed by atoms with E-state index in [9.17, 15) is 4.79 Å². The molecule has 1 aromatic rings. The highest BCUT2D eigenvalue weighted by atomic mass is 35.5.